The van der Waals surface area contributed by atoms with Crippen LogP contribution in [0.4, 0.5) is 5.82 Å². The lowest BCUT2D eigenvalue weighted by molar-refractivity contribution is -0.123. The molecule has 4 rings (SSSR count). The summed E-state index contributed by atoms with van der Waals surface area (Å²) in [5, 5.41) is 0. The number of pyridine rings is 1. The van der Waals surface area contributed by atoms with E-state index in [1.165, 1.54) is 10.4 Å². The van der Waals surface area contributed by atoms with Gasteiger partial charge in [0.1, 0.15) is 21.7 Å². The zero-order chi connectivity index (χ0) is 25.7. The van der Waals surface area contributed by atoms with Crippen LogP contribution in [0, 0.1) is 6.92 Å². The predicted molar refractivity (Wildman–Crippen MR) is 143 cm³/mol. The van der Waals surface area contributed by atoms with Crippen LogP contribution >= 0.6 is 34.5 Å². The van der Waals surface area contributed by atoms with E-state index in [4.69, 9.17) is 27.9 Å². The molecule has 1 amide bonds. The van der Waals surface area contributed by atoms with E-state index in [1.807, 2.05) is 49.4 Å². The molecular weight excluding hydrogens is 541 g/mol. The summed E-state index contributed by atoms with van der Waals surface area (Å²) in [5.74, 6) is 0.285. The summed E-state index contributed by atoms with van der Waals surface area (Å²) in [6.45, 7) is 2.48. The number of carbonyl (C=O) groups excluding carboxylic acids is 1. The van der Waals surface area contributed by atoms with Gasteiger partial charge in [0.2, 0.25) is 10.0 Å². The molecule has 1 aromatic carbocycles. The summed E-state index contributed by atoms with van der Waals surface area (Å²) in [7, 11) is -3.83. The Morgan fingerprint density at radius 3 is 2.64 bits per heavy atom. The lowest BCUT2D eigenvalue weighted by atomic mass is 10.1. The number of aromatic nitrogens is 1. The summed E-state index contributed by atoms with van der Waals surface area (Å²) in [6, 6.07) is 16.2. The number of nitrogens with zero attached hydrogens (tertiary/aromatic N) is 3. The van der Waals surface area contributed by atoms with Gasteiger partial charge in [-0.05, 0) is 43.5 Å². The number of benzene rings is 1. The molecule has 1 atom stereocenters. The van der Waals surface area contributed by atoms with Gasteiger partial charge in [-0.15, -0.1) is 11.3 Å². The van der Waals surface area contributed by atoms with E-state index in [1.54, 1.807) is 11.0 Å². The minimum absolute atomic E-state index is 0.0155. The van der Waals surface area contributed by atoms with Crippen molar-refractivity contribution in [2.24, 2.45) is 0 Å². The fourth-order valence-corrected chi connectivity index (χ4v) is 7.98. The van der Waals surface area contributed by atoms with Crippen LogP contribution in [0.25, 0.3) is 0 Å². The number of thiophene rings is 1. The number of sulfonamides is 1. The highest BCUT2D eigenvalue weighted by Gasteiger charge is 2.36. The van der Waals surface area contributed by atoms with Gasteiger partial charge >= 0.3 is 0 Å². The van der Waals surface area contributed by atoms with Gasteiger partial charge in [0.15, 0.2) is 0 Å². The second kappa shape index (κ2) is 12.0. The number of aryl methyl sites for hydroxylation is 1. The fourth-order valence-electron chi connectivity index (χ4n) is 4.19. The number of piperidine rings is 1. The Morgan fingerprint density at radius 2 is 1.94 bits per heavy atom. The lowest BCUT2D eigenvalue weighted by Crippen LogP contribution is -2.46. The van der Waals surface area contributed by atoms with E-state index >= 15 is 0 Å². The first kappa shape index (κ1) is 27.0. The Bertz CT molecular complexity index is 1300. The van der Waals surface area contributed by atoms with Gasteiger partial charge in [0, 0.05) is 18.3 Å². The molecule has 192 valence electrons. The highest BCUT2D eigenvalue weighted by molar-refractivity contribution is 7.89. The van der Waals surface area contributed by atoms with E-state index in [0.717, 1.165) is 35.4 Å². The smallest absolute Gasteiger partial charge is 0.254 e. The number of amides is 1. The minimum atomic E-state index is -3.83. The summed E-state index contributed by atoms with van der Waals surface area (Å²) < 4.78 is 34.3. The average Bonchev–Trinajstić information content (AvgIpc) is 3.22. The van der Waals surface area contributed by atoms with Crippen LogP contribution in [0.3, 0.4) is 0 Å². The highest BCUT2D eigenvalue weighted by Crippen LogP contribution is 2.37. The molecule has 1 saturated heterocycles. The number of hydrogen-bond donors (Lipinski definition) is 0. The van der Waals surface area contributed by atoms with Crippen LogP contribution in [-0.4, -0.2) is 49.4 Å². The molecule has 0 spiro atoms. The van der Waals surface area contributed by atoms with Crippen LogP contribution in [0.2, 0.25) is 8.67 Å². The molecule has 1 unspecified atom stereocenters. The van der Waals surface area contributed by atoms with E-state index < -0.39 is 16.1 Å². The summed E-state index contributed by atoms with van der Waals surface area (Å²) >= 11 is 13.2. The molecule has 0 aliphatic carbocycles. The molecule has 0 N–H and O–H groups in total. The van der Waals surface area contributed by atoms with E-state index in [0.29, 0.717) is 29.7 Å². The van der Waals surface area contributed by atoms with Crippen molar-refractivity contribution in [1.82, 2.24) is 9.29 Å². The molecule has 3 heterocycles. The van der Waals surface area contributed by atoms with Gasteiger partial charge in [0.25, 0.3) is 5.91 Å². The Hall–Kier alpha value is -2.01. The first-order chi connectivity index (χ1) is 17.3. The normalized spacial score (nSPS) is 16.7. The minimum Gasteiger partial charge on any atom is -0.370 e. The van der Waals surface area contributed by atoms with Gasteiger partial charge in [-0.1, -0.05) is 66.0 Å². The lowest BCUT2D eigenvalue weighted by Gasteiger charge is -2.34. The van der Waals surface area contributed by atoms with E-state index in [-0.39, 0.29) is 28.4 Å². The van der Waals surface area contributed by atoms with Crippen molar-refractivity contribution >= 4 is 56.3 Å². The second-order valence-electron chi connectivity index (χ2n) is 8.57. The maximum absolute atomic E-state index is 13.3. The molecule has 0 saturated carbocycles. The average molecular weight is 569 g/mol. The molecule has 1 aliphatic heterocycles. The van der Waals surface area contributed by atoms with Gasteiger partial charge in [-0.25, -0.2) is 13.4 Å². The molecule has 0 bridgehead atoms. The first-order valence-electron chi connectivity index (χ1n) is 11.6. The van der Waals surface area contributed by atoms with Crippen molar-refractivity contribution in [3.8, 4) is 0 Å². The maximum atomic E-state index is 13.3. The van der Waals surface area contributed by atoms with E-state index in [9.17, 15) is 13.2 Å². The quantitative estimate of drug-likeness (QED) is 0.338. The molecule has 7 nitrogen and oxygen atoms in total. The number of ether oxygens (including phenoxy) is 1. The van der Waals surface area contributed by atoms with Crippen molar-refractivity contribution in [3.05, 3.63) is 74.5 Å². The number of carbonyl (C=O) groups is 1. The Balaban J connectivity index is 1.45. The Morgan fingerprint density at radius 1 is 1.17 bits per heavy atom. The highest BCUT2D eigenvalue weighted by atomic mass is 35.5. The number of rotatable bonds is 9. The van der Waals surface area contributed by atoms with Crippen LogP contribution in [0.15, 0.2) is 59.5 Å². The van der Waals surface area contributed by atoms with Gasteiger partial charge < -0.3 is 4.74 Å². The number of anilines is 1. The second-order valence-corrected chi connectivity index (χ2v) is 12.7. The van der Waals surface area contributed by atoms with Crippen LogP contribution in [0.1, 0.15) is 30.5 Å². The standard InChI is InChI=1S/C25H27Cl2N3O4S2/c1-18-8-7-12-23(28-18)29(15-19-9-3-2-4-10-19)24(31)17-34-16-20-11-5-6-13-30(20)36(32,33)21-14-22(26)35-25(21)27/h2-4,7-10,12,14,20H,5-6,11,13,15-17H2,1H3. The van der Waals surface area contributed by atoms with Crippen LogP contribution < -0.4 is 4.90 Å². The predicted octanol–water partition coefficient (Wildman–Crippen LogP) is 5.55. The summed E-state index contributed by atoms with van der Waals surface area (Å²) in [5.41, 5.74) is 1.76. The maximum Gasteiger partial charge on any atom is 0.254 e. The van der Waals surface area contributed by atoms with Crippen molar-refractivity contribution < 1.29 is 17.9 Å². The number of halogens is 2. The molecule has 36 heavy (non-hydrogen) atoms. The molecule has 1 fully saturated rings. The molecule has 2 aromatic heterocycles. The third kappa shape index (κ3) is 6.45. The molecule has 0 radical (unpaired) electrons. The largest absolute Gasteiger partial charge is 0.370 e. The van der Waals surface area contributed by atoms with Crippen LogP contribution in [0.5, 0.6) is 0 Å². The molecule has 1 aliphatic rings. The zero-order valence-electron chi connectivity index (χ0n) is 19.8. The number of hydrogen-bond acceptors (Lipinski definition) is 6. The fraction of sp³-hybridized carbons (Fsp3) is 0.360. The van der Waals surface area contributed by atoms with Gasteiger partial charge in [-0.3, -0.25) is 9.69 Å². The third-order valence-corrected chi connectivity index (χ3v) is 9.66. The zero-order valence-corrected chi connectivity index (χ0v) is 22.9. The van der Waals surface area contributed by atoms with Gasteiger partial charge in [-0.2, -0.15) is 4.31 Å². The molecule has 3 aromatic rings. The summed E-state index contributed by atoms with van der Waals surface area (Å²) in [6.07, 6.45) is 2.25. The Kier molecular flexibility index (Phi) is 9.03. The summed E-state index contributed by atoms with van der Waals surface area (Å²) in [4.78, 5) is 19.4. The van der Waals surface area contributed by atoms with Gasteiger partial charge in [0.05, 0.1) is 17.5 Å². The van der Waals surface area contributed by atoms with Crippen molar-refractivity contribution in [3.63, 3.8) is 0 Å². The van der Waals surface area contributed by atoms with Crippen molar-refractivity contribution in [1.29, 1.82) is 0 Å². The molecule has 11 heteroatoms. The first-order valence-corrected chi connectivity index (χ1v) is 14.6. The van der Waals surface area contributed by atoms with Crippen molar-refractivity contribution in [2.45, 2.75) is 43.7 Å². The van der Waals surface area contributed by atoms with E-state index in [2.05, 4.69) is 4.98 Å². The third-order valence-electron chi connectivity index (χ3n) is 5.96. The SMILES string of the molecule is Cc1cccc(N(Cc2ccccc2)C(=O)COCC2CCCCN2S(=O)(=O)c2cc(Cl)sc2Cl)n1. The topological polar surface area (TPSA) is 79.8 Å². The monoisotopic (exact) mass is 567 g/mol. The van der Waals surface area contributed by atoms with Crippen LogP contribution in [-0.2, 0) is 26.1 Å². The molecular formula is C25H27Cl2N3O4S2. The van der Waals surface area contributed by atoms with Crippen molar-refractivity contribution in [2.75, 3.05) is 24.7 Å². The Labute approximate surface area is 225 Å².